The van der Waals surface area contributed by atoms with Gasteiger partial charge in [0.25, 0.3) is 0 Å². The monoisotopic (exact) mass is 415 g/mol. The fourth-order valence-corrected chi connectivity index (χ4v) is 10.4. The third-order valence-electron chi connectivity index (χ3n) is 12.1. The van der Waals surface area contributed by atoms with Crippen molar-refractivity contribution in [3.8, 4) is 0 Å². The van der Waals surface area contributed by atoms with Gasteiger partial charge >= 0.3 is 0 Å². The van der Waals surface area contributed by atoms with Crippen molar-refractivity contribution in [3.05, 3.63) is 0 Å². The van der Waals surface area contributed by atoms with Gasteiger partial charge in [0.1, 0.15) is 5.72 Å². The molecule has 0 bridgehead atoms. The number of piperidine rings is 1. The molecule has 6 rings (SSSR count). The molecule has 30 heavy (non-hydrogen) atoms. The number of fused-ring (bicyclic) bond motifs is 7. The molecular formula is C27H45NO2. The predicted octanol–water partition coefficient (Wildman–Crippen LogP) is 5.37. The molecule has 4 saturated carbocycles. The molecule has 2 N–H and O–H groups in total. The molecule has 6 aliphatic rings. The summed E-state index contributed by atoms with van der Waals surface area (Å²) in [7, 11) is 0. The Morgan fingerprint density at radius 3 is 2.43 bits per heavy atom. The Morgan fingerprint density at radius 1 is 0.867 bits per heavy atom. The first kappa shape index (κ1) is 20.5. The molecule has 3 nitrogen and oxygen atoms in total. The van der Waals surface area contributed by atoms with Gasteiger partial charge in [-0.05, 0) is 111 Å². The largest absolute Gasteiger partial charge is 0.393 e. The Balaban J connectivity index is 1.26. The molecule has 2 heterocycles. The lowest BCUT2D eigenvalue weighted by molar-refractivity contribution is -0.140. The van der Waals surface area contributed by atoms with Crippen LogP contribution in [0.2, 0.25) is 0 Å². The third kappa shape index (κ3) is 2.61. The predicted molar refractivity (Wildman–Crippen MR) is 120 cm³/mol. The zero-order valence-electron chi connectivity index (χ0n) is 19.8. The molecule has 4 aliphatic carbocycles. The molecule has 12 atom stereocenters. The van der Waals surface area contributed by atoms with Crippen LogP contribution < -0.4 is 5.32 Å². The van der Waals surface area contributed by atoms with Crippen LogP contribution in [0.25, 0.3) is 0 Å². The van der Waals surface area contributed by atoms with E-state index >= 15 is 0 Å². The number of nitrogens with one attached hydrogen (secondary N) is 1. The molecule has 0 unspecified atom stereocenters. The van der Waals surface area contributed by atoms with E-state index in [1.807, 2.05) is 0 Å². The Labute approximate surface area is 184 Å². The van der Waals surface area contributed by atoms with Crippen LogP contribution in [0.5, 0.6) is 0 Å². The van der Waals surface area contributed by atoms with Gasteiger partial charge in [0.2, 0.25) is 0 Å². The summed E-state index contributed by atoms with van der Waals surface area (Å²) in [4.78, 5) is 0. The second kappa shape index (κ2) is 6.70. The highest BCUT2D eigenvalue weighted by Gasteiger charge is 2.68. The highest BCUT2D eigenvalue weighted by molar-refractivity contribution is 5.16. The molecule has 0 radical (unpaired) electrons. The third-order valence-corrected chi connectivity index (χ3v) is 12.1. The van der Waals surface area contributed by atoms with E-state index in [2.05, 4.69) is 33.0 Å². The Hall–Kier alpha value is -0.120. The SMILES string of the molecule is C[C@@H]1CC[C@@]2(NC1)O[C@@H]1C[C@@H]3[C@@H]4CC[C@H]5C[C@H](O)CC[C@]5(C)[C@@H]4CC[C@]3(C)[C@H]1[C@@H]2C. The van der Waals surface area contributed by atoms with Crippen molar-refractivity contribution in [2.45, 2.75) is 110 Å². The van der Waals surface area contributed by atoms with Crippen LogP contribution in [0.3, 0.4) is 0 Å². The molecule has 0 aromatic heterocycles. The van der Waals surface area contributed by atoms with Gasteiger partial charge in [0.15, 0.2) is 0 Å². The molecule has 6 fully saturated rings. The van der Waals surface area contributed by atoms with Crippen molar-refractivity contribution in [3.63, 3.8) is 0 Å². The normalized spacial score (nSPS) is 62.5. The molecule has 3 heteroatoms. The maximum Gasteiger partial charge on any atom is 0.122 e. The highest BCUT2D eigenvalue weighted by atomic mass is 16.5. The van der Waals surface area contributed by atoms with E-state index in [1.54, 1.807) is 0 Å². The summed E-state index contributed by atoms with van der Waals surface area (Å²) in [5.41, 5.74) is 0.919. The van der Waals surface area contributed by atoms with Crippen molar-refractivity contribution in [1.29, 1.82) is 0 Å². The van der Waals surface area contributed by atoms with E-state index < -0.39 is 0 Å². The summed E-state index contributed by atoms with van der Waals surface area (Å²) in [5, 5.41) is 14.2. The molecule has 0 amide bonds. The second-order valence-corrected chi connectivity index (χ2v) is 13.3. The maximum absolute atomic E-state index is 10.3. The fraction of sp³-hybridized carbons (Fsp3) is 1.00. The van der Waals surface area contributed by atoms with Crippen LogP contribution in [-0.4, -0.2) is 29.6 Å². The summed E-state index contributed by atoms with van der Waals surface area (Å²) in [6.45, 7) is 11.3. The van der Waals surface area contributed by atoms with Gasteiger partial charge in [0.05, 0.1) is 12.2 Å². The molecule has 2 aliphatic heterocycles. The van der Waals surface area contributed by atoms with E-state index in [4.69, 9.17) is 4.74 Å². The first-order chi connectivity index (χ1) is 14.3. The fourth-order valence-electron chi connectivity index (χ4n) is 10.4. The zero-order chi connectivity index (χ0) is 20.9. The van der Waals surface area contributed by atoms with Crippen LogP contribution >= 0.6 is 0 Å². The maximum atomic E-state index is 10.3. The molecule has 0 aromatic rings. The molecule has 2 saturated heterocycles. The van der Waals surface area contributed by atoms with Gasteiger partial charge in [-0.2, -0.15) is 0 Å². The van der Waals surface area contributed by atoms with Crippen molar-refractivity contribution >= 4 is 0 Å². The van der Waals surface area contributed by atoms with E-state index in [1.165, 1.54) is 51.4 Å². The van der Waals surface area contributed by atoms with Crippen LogP contribution in [0.4, 0.5) is 0 Å². The first-order valence-electron chi connectivity index (χ1n) is 13.4. The lowest BCUT2D eigenvalue weighted by Gasteiger charge is -2.61. The van der Waals surface area contributed by atoms with Gasteiger partial charge in [-0.15, -0.1) is 0 Å². The smallest absolute Gasteiger partial charge is 0.122 e. The minimum absolute atomic E-state index is 0.0319. The van der Waals surface area contributed by atoms with Crippen LogP contribution in [0, 0.1) is 52.3 Å². The zero-order valence-corrected chi connectivity index (χ0v) is 19.8. The average Bonchev–Trinajstić information content (AvgIpc) is 3.16. The van der Waals surface area contributed by atoms with Gasteiger partial charge in [-0.1, -0.05) is 27.7 Å². The van der Waals surface area contributed by atoms with Gasteiger partial charge in [0, 0.05) is 12.5 Å². The summed E-state index contributed by atoms with van der Waals surface area (Å²) >= 11 is 0. The summed E-state index contributed by atoms with van der Waals surface area (Å²) in [6, 6.07) is 0. The minimum atomic E-state index is -0.0320. The lowest BCUT2D eigenvalue weighted by atomic mass is 9.44. The number of aliphatic hydroxyl groups excluding tert-OH is 1. The average molecular weight is 416 g/mol. The standard InChI is InChI=1S/C27H45NO2/c1-16-7-12-27(28-15-16)17(2)24-23(30-27)14-22-20-6-5-18-13-19(29)8-10-25(18,3)21(20)9-11-26(22,24)4/h16-24,28-29H,5-15H2,1-4H3/t16-,17+,18+,19-,20-,21-,22-,23-,24+,25+,26+,27-/m1/s1. The number of rotatable bonds is 0. The lowest BCUT2D eigenvalue weighted by Crippen LogP contribution is -2.57. The number of hydrogen-bond acceptors (Lipinski definition) is 3. The van der Waals surface area contributed by atoms with Crippen molar-refractivity contribution in [2.24, 2.45) is 52.3 Å². The Kier molecular flexibility index (Phi) is 4.58. The van der Waals surface area contributed by atoms with E-state index in [0.717, 1.165) is 54.9 Å². The minimum Gasteiger partial charge on any atom is -0.393 e. The molecular weight excluding hydrogens is 370 g/mol. The molecule has 170 valence electrons. The van der Waals surface area contributed by atoms with E-state index in [0.29, 0.717) is 22.9 Å². The summed E-state index contributed by atoms with van der Waals surface area (Å²) < 4.78 is 7.01. The van der Waals surface area contributed by atoms with Crippen LogP contribution in [0.1, 0.15) is 91.9 Å². The van der Waals surface area contributed by atoms with Crippen LogP contribution in [0.15, 0.2) is 0 Å². The Morgan fingerprint density at radius 2 is 1.67 bits per heavy atom. The van der Waals surface area contributed by atoms with Gasteiger partial charge in [-0.3, -0.25) is 5.32 Å². The number of ether oxygens (including phenoxy) is 1. The Bertz CT molecular complexity index is 686. The summed E-state index contributed by atoms with van der Waals surface area (Å²) in [6.07, 6.45) is 13.2. The van der Waals surface area contributed by atoms with Crippen LogP contribution in [-0.2, 0) is 4.74 Å². The van der Waals surface area contributed by atoms with Gasteiger partial charge < -0.3 is 9.84 Å². The molecule has 1 spiro atoms. The van der Waals surface area contributed by atoms with E-state index in [9.17, 15) is 5.11 Å². The topological polar surface area (TPSA) is 41.5 Å². The van der Waals surface area contributed by atoms with Crippen molar-refractivity contribution in [2.75, 3.05) is 6.54 Å². The van der Waals surface area contributed by atoms with Gasteiger partial charge in [-0.25, -0.2) is 0 Å². The summed E-state index contributed by atoms with van der Waals surface area (Å²) in [5.74, 6) is 5.57. The van der Waals surface area contributed by atoms with Crippen molar-refractivity contribution < 1.29 is 9.84 Å². The quantitative estimate of drug-likeness (QED) is 0.559. The second-order valence-electron chi connectivity index (χ2n) is 13.3. The van der Waals surface area contributed by atoms with E-state index in [-0.39, 0.29) is 11.8 Å². The number of hydrogen-bond donors (Lipinski definition) is 2. The van der Waals surface area contributed by atoms with Crippen molar-refractivity contribution in [1.82, 2.24) is 5.32 Å². The first-order valence-corrected chi connectivity index (χ1v) is 13.4. The molecule has 0 aromatic carbocycles. The number of aliphatic hydroxyl groups is 1. The highest BCUT2D eigenvalue weighted by Crippen LogP contribution is 2.71.